The predicted molar refractivity (Wildman–Crippen MR) is 124 cm³/mol. The summed E-state index contributed by atoms with van der Waals surface area (Å²) in [6.45, 7) is 6.69. The maximum Gasteiger partial charge on any atom is 0.273 e. The van der Waals surface area contributed by atoms with Crippen molar-refractivity contribution in [2.24, 2.45) is 5.73 Å². The number of halogens is 1. The summed E-state index contributed by atoms with van der Waals surface area (Å²) < 4.78 is 19.9. The smallest absolute Gasteiger partial charge is 0.273 e. The van der Waals surface area contributed by atoms with Gasteiger partial charge in [0.15, 0.2) is 11.5 Å². The number of anilines is 4. The summed E-state index contributed by atoms with van der Waals surface area (Å²) >= 11 is 0. The number of nitrogens with zero attached hydrogens (tertiary/aromatic N) is 4. The fraction of sp³-hybridized carbons (Fsp3) is 0.304. The van der Waals surface area contributed by atoms with Crippen LogP contribution >= 0.6 is 0 Å². The third kappa shape index (κ3) is 4.70. The molecule has 0 saturated carbocycles. The van der Waals surface area contributed by atoms with E-state index in [-0.39, 0.29) is 23.1 Å². The van der Waals surface area contributed by atoms with Gasteiger partial charge in [-0.1, -0.05) is 19.1 Å². The average Bonchev–Trinajstić information content (AvgIpc) is 2.80. The minimum absolute atomic E-state index is 0.00212. The van der Waals surface area contributed by atoms with Crippen molar-refractivity contribution < 1.29 is 13.9 Å². The quantitative estimate of drug-likeness (QED) is 0.501. The van der Waals surface area contributed by atoms with Gasteiger partial charge in [0.05, 0.1) is 18.5 Å². The Labute approximate surface area is 191 Å². The molecule has 1 aromatic heterocycles. The number of nitrogens with two attached hydrogens (primary N) is 1. The van der Waals surface area contributed by atoms with Gasteiger partial charge in [0.25, 0.3) is 5.91 Å². The van der Waals surface area contributed by atoms with E-state index in [0.29, 0.717) is 17.0 Å². The maximum atomic E-state index is 14.4. The lowest BCUT2D eigenvalue weighted by Gasteiger charge is -2.28. The van der Waals surface area contributed by atoms with Crippen molar-refractivity contribution in [2.75, 3.05) is 30.8 Å². The van der Waals surface area contributed by atoms with Gasteiger partial charge >= 0.3 is 0 Å². The van der Waals surface area contributed by atoms with E-state index >= 15 is 0 Å². The van der Waals surface area contributed by atoms with Gasteiger partial charge in [-0.25, -0.2) is 4.39 Å². The number of amides is 1. The first-order valence-electron chi connectivity index (χ1n) is 10.7. The van der Waals surface area contributed by atoms with Gasteiger partial charge in [-0.05, 0) is 54.8 Å². The Hall–Kier alpha value is -3.79. The molecule has 2 heterocycles. The zero-order valence-electron chi connectivity index (χ0n) is 18.8. The maximum absolute atomic E-state index is 14.4. The number of ether oxygens (including phenoxy) is 1. The lowest BCUT2D eigenvalue weighted by molar-refractivity contribution is 0.0995. The molecule has 4 N–H and O–H groups in total. The first-order valence-corrected chi connectivity index (χ1v) is 10.7. The minimum atomic E-state index is -0.830. The summed E-state index contributed by atoms with van der Waals surface area (Å²) in [7, 11) is 1.59. The zero-order valence-corrected chi connectivity index (χ0v) is 18.8. The molecule has 1 amide bonds. The third-order valence-electron chi connectivity index (χ3n) is 5.69. The van der Waals surface area contributed by atoms with E-state index < -0.39 is 11.7 Å². The highest BCUT2D eigenvalue weighted by molar-refractivity contribution is 5.96. The van der Waals surface area contributed by atoms with Gasteiger partial charge < -0.3 is 21.1 Å². The summed E-state index contributed by atoms with van der Waals surface area (Å²) in [5.74, 6) is -0.569. The van der Waals surface area contributed by atoms with Gasteiger partial charge in [0.1, 0.15) is 11.6 Å². The highest BCUT2D eigenvalue weighted by atomic mass is 19.1. The van der Waals surface area contributed by atoms with Crippen LogP contribution in [0.25, 0.3) is 0 Å². The molecule has 3 aromatic rings. The number of aromatic nitrogens is 3. The van der Waals surface area contributed by atoms with Crippen molar-refractivity contribution in [2.45, 2.75) is 26.8 Å². The Kier molecular flexibility index (Phi) is 6.36. The summed E-state index contributed by atoms with van der Waals surface area (Å²) in [4.78, 5) is 18.6. The van der Waals surface area contributed by atoms with Crippen LogP contribution in [0.3, 0.4) is 0 Å². The molecule has 0 fully saturated rings. The molecule has 4 rings (SSSR count). The van der Waals surface area contributed by atoms with Gasteiger partial charge in [-0.2, -0.15) is 4.98 Å². The molecule has 9 nitrogen and oxygen atoms in total. The van der Waals surface area contributed by atoms with Crippen LogP contribution in [0.1, 0.15) is 34.1 Å². The van der Waals surface area contributed by atoms with Crippen LogP contribution in [-0.2, 0) is 13.0 Å². The number of benzene rings is 2. The Morgan fingerprint density at radius 2 is 2.06 bits per heavy atom. The molecule has 0 spiro atoms. The molecule has 0 aliphatic carbocycles. The number of fused-ring (bicyclic) bond motifs is 1. The van der Waals surface area contributed by atoms with E-state index in [1.165, 1.54) is 17.2 Å². The second-order valence-electron chi connectivity index (χ2n) is 7.82. The van der Waals surface area contributed by atoms with E-state index in [1.54, 1.807) is 26.2 Å². The fourth-order valence-electron chi connectivity index (χ4n) is 3.84. The van der Waals surface area contributed by atoms with Crippen molar-refractivity contribution in [1.82, 2.24) is 20.1 Å². The molecule has 0 bridgehead atoms. The summed E-state index contributed by atoms with van der Waals surface area (Å²) in [6.07, 6.45) is 0.946. The van der Waals surface area contributed by atoms with Gasteiger partial charge in [-0.3, -0.25) is 9.69 Å². The molecular formula is C23H26FN7O2. The molecule has 10 heteroatoms. The minimum Gasteiger partial charge on any atom is -0.495 e. The largest absolute Gasteiger partial charge is 0.495 e. The van der Waals surface area contributed by atoms with Gasteiger partial charge in [0, 0.05) is 13.1 Å². The van der Waals surface area contributed by atoms with Crippen molar-refractivity contribution in [3.63, 3.8) is 0 Å². The van der Waals surface area contributed by atoms with Crippen molar-refractivity contribution in [3.05, 3.63) is 58.5 Å². The Morgan fingerprint density at radius 3 is 2.76 bits per heavy atom. The van der Waals surface area contributed by atoms with Crippen LogP contribution in [0.4, 0.5) is 27.5 Å². The number of likely N-dealkylation sites (N-methyl/N-ethyl adjacent to an activating group) is 1. The second-order valence-corrected chi connectivity index (χ2v) is 7.82. The highest BCUT2D eigenvalue weighted by Crippen LogP contribution is 2.33. The Balaban J connectivity index is 1.69. The second kappa shape index (κ2) is 9.37. The normalized spacial score (nSPS) is 13.3. The standard InChI is InChI=1S/C23H26FN7O2/c1-4-31-9-8-14-11-18(33-3)17(10-15(14)12-31)26-23-28-22(20(21(25)32)29-30-23)27-19-13(2)6-5-7-16(19)24/h5-7,10-11H,4,8-9,12H2,1-3H3,(H2,25,32)(H2,26,27,28,30). The Bertz CT molecular complexity index is 1180. The molecule has 172 valence electrons. The van der Waals surface area contributed by atoms with Gasteiger partial charge in [0.2, 0.25) is 5.95 Å². The molecule has 1 aliphatic rings. The number of rotatable bonds is 7. The highest BCUT2D eigenvalue weighted by Gasteiger charge is 2.20. The SMILES string of the molecule is CCN1CCc2cc(OC)c(Nc3nnc(C(N)=O)c(Nc4c(C)cccc4F)n3)cc2C1. The molecule has 0 atom stereocenters. The van der Waals surface area contributed by atoms with Crippen LogP contribution in [0.5, 0.6) is 5.75 Å². The average molecular weight is 452 g/mol. The number of carbonyl (C=O) groups is 1. The van der Waals surface area contributed by atoms with Crippen LogP contribution in [0.15, 0.2) is 30.3 Å². The van der Waals surface area contributed by atoms with Gasteiger partial charge in [-0.15, -0.1) is 10.2 Å². The predicted octanol–water partition coefficient (Wildman–Crippen LogP) is 3.29. The van der Waals surface area contributed by atoms with Crippen LogP contribution in [0, 0.1) is 12.7 Å². The first-order chi connectivity index (χ1) is 15.9. The van der Waals surface area contributed by atoms with Crippen molar-refractivity contribution >= 4 is 29.0 Å². The molecule has 33 heavy (non-hydrogen) atoms. The lowest BCUT2D eigenvalue weighted by atomic mass is 9.98. The van der Waals surface area contributed by atoms with Crippen LogP contribution in [0.2, 0.25) is 0 Å². The number of carbonyl (C=O) groups excluding carboxylic acids is 1. The van der Waals surface area contributed by atoms with E-state index in [2.05, 4.69) is 37.6 Å². The van der Waals surface area contributed by atoms with Crippen LogP contribution in [-0.4, -0.2) is 46.2 Å². The number of hydrogen-bond acceptors (Lipinski definition) is 8. The summed E-state index contributed by atoms with van der Waals surface area (Å²) in [5.41, 5.74) is 9.14. The number of nitrogens with one attached hydrogen (secondary N) is 2. The fourth-order valence-corrected chi connectivity index (χ4v) is 3.84. The molecule has 0 radical (unpaired) electrons. The molecule has 0 unspecified atom stereocenters. The number of aryl methyl sites for hydroxylation is 1. The van der Waals surface area contributed by atoms with E-state index in [9.17, 15) is 9.18 Å². The van der Waals surface area contributed by atoms with E-state index in [1.807, 2.05) is 12.1 Å². The monoisotopic (exact) mass is 451 g/mol. The van der Waals surface area contributed by atoms with Crippen molar-refractivity contribution in [1.29, 1.82) is 0 Å². The molecule has 1 aliphatic heterocycles. The zero-order chi connectivity index (χ0) is 23.5. The number of hydrogen-bond donors (Lipinski definition) is 3. The lowest BCUT2D eigenvalue weighted by Crippen LogP contribution is -2.30. The molecular weight excluding hydrogens is 425 g/mol. The van der Waals surface area contributed by atoms with Crippen LogP contribution < -0.4 is 21.1 Å². The molecule has 0 saturated heterocycles. The Morgan fingerprint density at radius 1 is 1.24 bits per heavy atom. The molecule has 2 aromatic carbocycles. The third-order valence-corrected chi connectivity index (χ3v) is 5.69. The van der Waals surface area contributed by atoms with Crippen molar-refractivity contribution in [3.8, 4) is 5.75 Å². The number of methoxy groups -OCH3 is 1. The van der Waals surface area contributed by atoms with E-state index in [0.717, 1.165) is 26.1 Å². The van der Waals surface area contributed by atoms with E-state index in [4.69, 9.17) is 10.5 Å². The number of primary amides is 1. The summed E-state index contributed by atoms with van der Waals surface area (Å²) in [6, 6.07) is 8.66. The first kappa shape index (κ1) is 22.4. The summed E-state index contributed by atoms with van der Waals surface area (Å²) in [5, 5.41) is 13.9. The topological polar surface area (TPSA) is 118 Å². The number of para-hydroxylation sites is 1.